The van der Waals surface area contributed by atoms with Gasteiger partial charge in [-0.15, -0.1) is 0 Å². The van der Waals surface area contributed by atoms with Crippen molar-refractivity contribution in [2.75, 3.05) is 0 Å². The molecule has 0 saturated carbocycles. The molecule has 0 aliphatic rings. The normalized spacial score (nSPS) is 0. The molecule has 0 aromatic carbocycles. The molecule has 0 saturated heterocycles. The predicted molar refractivity (Wildman–Crippen MR) is 17.3 cm³/mol. The van der Waals surface area contributed by atoms with Crippen molar-refractivity contribution in [3.63, 3.8) is 0 Å². The van der Waals surface area contributed by atoms with Gasteiger partial charge in [-0.1, -0.05) is 0 Å². The minimum absolute atomic E-state index is 0. The van der Waals surface area contributed by atoms with Gasteiger partial charge in [0.2, 0.25) is 0 Å². The van der Waals surface area contributed by atoms with E-state index in [0.717, 1.165) is 0 Å². The Hall–Kier alpha value is 2.92. The Labute approximate surface area is 90.2 Å². The summed E-state index contributed by atoms with van der Waals surface area (Å²) in [5, 5.41) is 0. The van der Waals surface area contributed by atoms with Crippen molar-refractivity contribution in [3.8, 4) is 0 Å². The van der Waals surface area contributed by atoms with Crippen molar-refractivity contribution in [1.82, 2.24) is 0 Å². The van der Waals surface area contributed by atoms with Crippen molar-refractivity contribution in [2.45, 2.75) is 0 Å². The number of hydrogen-bond acceptors (Lipinski definition) is 0. The summed E-state index contributed by atoms with van der Waals surface area (Å²) in [6, 6.07) is 0. The van der Waals surface area contributed by atoms with Crippen LogP contribution in [0, 0.1) is 39.9 Å². The Balaban J connectivity index is 0. The van der Waals surface area contributed by atoms with Crippen LogP contribution in [-0.4, -0.2) is 52.1 Å². The molecule has 0 aliphatic heterocycles. The van der Waals surface area contributed by atoms with E-state index in [0.29, 0.717) is 0 Å². The van der Waals surface area contributed by atoms with Crippen LogP contribution in [-0.2, 0) is 0 Å². The van der Waals surface area contributed by atoms with Crippen molar-refractivity contribution in [1.29, 1.82) is 0 Å². The molecule has 0 amide bonds. The smallest absolute Gasteiger partial charge is 0 e. The average Bonchev–Trinajstić information content (AvgIpc) is 0. The van der Waals surface area contributed by atoms with Gasteiger partial charge in [-0.25, -0.2) is 0 Å². The summed E-state index contributed by atoms with van der Waals surface area (Å²) in [6.45, 7) is 0. The molecule has 0 rings (SSSR count). The third-order valence-corrected chi connectivity index (χ3v) is 0. The summed E-state index contributed by atoms with van der Waals surface area (Å²) in [5.74, 6) is 0. The zero-order chi connectivity index (χ0) is 0. The van der Waals surface area contributed by atoms with E-state index in [4.69, 9.17) is 0 Å². The maximum Gasteiger partial charge on any atom is 0 e. The maximum absolute atomic E-state index is 0. The molecule has 0 N–H and O–H groups in total. The van der Waals surface area contributed by atoms with Gasteiger partial charge in [0.05, 0.1) is 0 Å². The Morgan fingerprint density at radius 2 is 0.500 bits per heavy atom. The molecule has 0 unspecified atom stereocenters. The number of hydrogen-bond donors (Lipinski definition) is 0. The van der Waals surface area contributed by atoms with Crippen LogP contribution in [0.25, 0.3) is 0 Å². The zero-order valence-electron chi connectivity index (χ0n) is 2.09. The molecule has 0 atom stereocenters. The van der Waals surface area contributed by atoms with Gasteiger partial charge >= 0.3 is 0 Å². The minimum Gasteiger partial charge on any atom is 0 e. The fourth-order valence-electron chi connectivity index (χ4n) is 0. The summed E-state index contributed by atoms with van der Waals surface area (Å²) in [7, 11) is 0. The van der Waals surface area contributed by atoms with E-state index < -0.39 is 0 Å². The van der Waals surface area contributed by atoms with Gasteiger partial charge in [0.25, 0.3) is 0 Å². The van der Waals surface area contributed by atoms with Gasteiger partial charge in [-0.2, -0.15) is 0 Å². The van der Waals surface area contributed by atoms with Gasteiger partial charge in [-0.05, 0) is 0 Å². The van der Waals surface area contributed by atoms with Crippen LogP contribution >= 0.6 is 0 Å². The SMILES string of the molecule is [Al].[Al].[Al].[Gd]. The second-order valence-electron chi connectivity index (χ2n) is 0. The van der Waals surface area contributed by atoms with Crippen LogP contribution in [0.4, 0.5) is 0 Å². The van der Waals surface area contributed by atoms with Crippen molar-refractivity contribution < 1.29 is 39.9 Å². The topological polar surface area (TPSA) is 0 Å². The first-order chi connectivity index (χ1) is 0. The summed E-state index contributed by atoms with van der Waals surface area (Å²) in [5.41, 5.74) is 0. The zero-order valence-corrected chi connectivity index (χ0v) is 7.82. The molecular weight excluding hydrogens is 238 g/mol. The fraction of sp³-hybridized carbons (Fsp3) is 0. The first-order valence-corrected chi connectivity index (χ1v) is 0. The third kappa shape index (κ3) is 8.87. The molecule has 0 aromatic rings. The molecule has 0 bridgehead atoms. The van der Waals surface area contributed by atoms with Gasteiger partial charge in [0.1, 0.15) is 0 Å². The van der Waals surface area contributed by atoms with E-state index in [1.54, 1.807) is 0 Å². The molecule has 0 fully saturated rings. The Bertz CT molecular complexity index is 3.25. The van der Waals surface area contributed by atoms with E-state index >= 15 is 0 Å². The summed E-state index contributed by atoms with van der Waals surface area (Å²) < 4.78 is 0. The van der Waals surface area contributed by atoms with Crippen molar-refractivity contribution >= 4 is 52.1 Å². The monoisotopic (exact) mass is 239 g/mol. The van der Waals surface area contributed by atoms with E-state index in [1.165, 1.54) is 0 Å². The van der Waals surface area contributed by atoms with Gasteiger partial charge in [0, 0.05) is 92.0 Å². The first-order valence-electron chi connectivity index (χ1n) is 0. The van der Waals surface area contributed by atoms with Gasteiger partial charge in [-0.3, -0.25) is 0 Å². The van der Waals surface area contributed by atoms with E-state index in [-0.39, 0.29) is 92.0 Å². The summed E-state index contributed by atoms with van der Waals surface area (Å²) in [4.78, 5) is 0. The van der Waals surface area contributed by atoms with Crippen LogP contribution in [0.5, 0.6) is 0 Å². The van der Waals surface area contributed by atoms with Crippen LogP contribution in [0.3, 0.4) is 0 Å². The van der Waals surface area contributed by atoms with Crippen molar-refractivity contribution in [3.05, 3.63) is 0 Å². The van der Waals surface area contributed by atoms with Gasteiger partial charge in [0.15, 0.2) is 0 Å². The molecule has 17 valence electrons. The Kier molecular flexibility index (Phi) is 119. The summed E-state index contributed by atoms with van der Waals surface area (Å²) >= 11 is 0. The largest absolute Gasteiger partial charge is 0 e. The molecule has 0 heterocycles. The standard InChI is InChI=1S/3Al.Gd. The molecule has 4 heteroatoms. The molecule has 9 radical (unpaired) electrons. The second-order valence-corrected chi connectivity index (χ2v) is 0. The van der Waals surface area contributed by atoms with Crippen LogP contribution in [0.2, 0.25) is 0 Å². The molecule has 0 spiro atoms. The molecule has 0 nitrogen and oxygen atoms in total. The predicted octanol–water partition coefficient (Wildman–Crippen LogP) is -1.14. The second kappa shape index (κ2) is 16.8. The maximum atomic E-state index is 0. The fourth-order valence-corrected chi connectivity index (χ4v) is 0. The molecule has 0 aromatic heterocycles. The van der Waals surface area contributed by atoms with Crippen LogP contribution < -0.4 is 0 Å². The molecular formula is Al3Gd. The quantitative estimate of drug-likeness (QED) is 0.468. The molecule has 4 heavy (non-hydrogen) atoms. The van der Waals surface area contributed by atoms with Crippen molar-refractivity contribution in [2.24, 2.45) is 0 Å². The number of rotatable bonds is 0. The molecule has 0 aliphatic carbocycles. The summed E-state index contributed by atoms with van der Waals surface area (Å²) in [6.07, 6.45) is 0. The van der Waals surface area contributed by atoms with Gasteiger partial charge < -0.3 is 0 Å². The van der Waals surface area contributed by atoms with E-state index in [1.807, 2.05) is 0 Å². The van der Waals surface area contributed by atoms with Crippen LogP contribution in [0.15, 0.2) is 0 Å². The first kappa shape index (κ1) is 28.4. The minimum atomic E-state index is 0. The average molecular weight is 238 g/mol. The van der Waals surface area contributed by atoms with Crippen LogP contribution in [0.1, 0.15) is 0 Å². The Morgan fingerprint density at radius 3 is 0.500 bits per heavy atom. The van der Waals surface area contributed by atoms with E-state index in [9.17, 15) is 0 Å². The third-order valence-electron chi connectivity index (χ3n) is 0. The Morgan fingerprint density at radius 1 is 0.500 bits per heavy atom. The van der Waals surface area contributed by atoms with E-state index in [2.05, 4.69) is 0 Å².